The third-order valence-electron chi connectivity index (χ3n) is 2.64. The van der Waals surface area contributed by atoms with Crippen LogP contribution in [0.2, 0.25) is 0 Å². The Labute approximate surface area is 97.0 Å². The predicted octanol–water partition coefficient (Wildman–Crippen LogP) is 0.310. The van der Waals surface area contributed by atoms with Crippen LogP contribution < -0.4 is 5.32 Å². The highest BCUT2D eigenvalue weighted by Gasteiger charge is 2.19. The summed E-state index contributed by atoms with van der Waals surface area (Å²) in [5.41, 5.74) is 0. The van der Waals surface area contributed by atoms with Crippen LogP contribution in [0.25, 0.3) is 0 Å². The number of amides is 1. The Hall–Kier alpha value is -1.10. The van der Waals surface area contributed by atoms with Gasteiger partial charge in [-0.1, -0.05) is 13.8 Å². The summed E-state index contributed by atoms with van der Waals surface area (Å²) >= 11 is 0. The Balaban J connectivity index is 3.89. The second-order valence-electron chi connectivity index (χ2n) is 4.81. The molecule has 0 rings (SSSR count). The summed E-state index contributed by atoms with van der Waals surface area (Å²) in [4.78, 5) is 22.0. The fourth-order valence-corrected chi connectivity index (χ4v) is 1.29. The van der Waals surface area contributed by atoms with Crippen molar-refractivity contribution in [2.45, 2.75) is 20.3 Å². The van der Waals surface area contributed by atoms with E-state index in [1.54, 1.807) is 0 Å². The fraction of sp³-hybridized carbons (Fsp3) is 0.818. The van der Waals surface area contributed by atoms with Crippen LogP contribution in [-0.2, 0) is 9.59 Å². The molecule has 0 aliphatic rings. The maximum absolute atomic E-state index is 11.4. The lowest BCUT2D eigenvalue weighted by Crippen LogP contribution is -2.48. The van der Waals surface area contributed by atoms with E-state index in [1.807, 2.05) is 27.9 Å². The van der Waals surface area contributed by atoms with Crippen molar-refractivity contribution in [2.24, 2.45) is 5.92 Å². The third kappa shape index (κ3) is 6.40. The van der Waals surface area contributed by atoms with Gasteiger partial charge in [-0.2, -0.15) is 0 Å². The number of carbonyl (C=O) groups excluding carboxylic acids is 1. The van der Waals surface area contributed by atoms with Crippen molar-refractivity contribution in [1.29, 1.82) is 0 Å². The molecular formula is C11H23N2O3+. The molecular weight excluding hydrogens is 208 g/mol. The summed E-state index contributed by atoms with van der Waals surface area (Å²) in [7, 11) is 3.67. The summed E-state index contributed by atoms with van der Waals surface area (Å²) in [5.74, 6) is -0.758. The van der Waals surface area contributed by atoms with Crippen molar-refractivity contribution >= 4 is 11.9 Å². The van der Waals surface area contributed by atoms with Crippen LogP contribution in [-0.4, -0.2) is 55.2 Å². The first kappa shape index (κ1) is 14.9. The monoisotopic (exact) mass is 231 g/mol. The van der Waals surface area contributed by atoms with Gasteiger partial charge in [-0.3, -0.25) is 4.79 Å². The first-order valence-corrected chi connectivity index (χ1v) is 5.60. The maximum atomic E-state index is 11.4. The zero-order valence-electron chi connectivity index (χ0n) is 10.6. The van der Waals surface area contributed by atoms with Crippen LogP contribution >= 0.6 is 0 Å². The van der Waals surface area contributed by atoms with Gasteiger partial charge in [0.25, 0.3) is 0 Å². The molecule has 0 heterocycles. The van der Waals surface area contributed by atoms with Crippen LogP contribution in [0.1, 0.15) is 20.3 Å². The minimum atomic E-state index is -0.821. The van der Waals surface area contributed by atoms with Gasteiger partial charge in [0.1, 0.15) is 0 Å². The molecule has 16 heavy (non-hydrogen) atoms. The zero-order valence-corrected chi connectivity index (χ0v) is 10.6. The van der Waals surface area contributed by atoms with E-state index in [0.29, 0.717) is 17.6 Å². The van der Waals surface area contributed by atoms with Gasteiger partial charge >= 0.3 is 5.97 Å². The Morgan fingerprint density at radius 1 is 1.38 bits per heavy atom. The van der Waals surface area contributed by atoms with Crippen molar-refractivity contribution in [1.82, 2.24) is 5.32 Å². The SMILES string of the molecule is CCC(C)C(=O)NCC[N+](C)(C)CC(=O)O. The van der Waals surface area contributed by atoms with E-state index in [2.05, 4.69) is 5.32 Å². The molecule has 0 spiro atoms. The third-order valence-corrected chi connectivity index (χ3v) is 2.64. The molecule has 0 radical (unpaired) electrons. The number of rotatable bonds is 7. The molecule has 1 unspecified atom stereocenters. The Morgan fingerprint density at radius 2 is 1.94 bits per heavy atom. The number of aliphatic carboxylic acids is 1. The average Bonchev–Trinajstić information content (AvgIpc) is 2.13. The number of carbonyl (C=O) groups is 2. The standard InChI is InChI=1S/C11H22N2O3/c1-5-9(2)11(16)12-6-7-13(3,4)8-10(14)15/h9H,5-8H2,1-4H3,(H-,12,14,15,16)/p+1. The summed E-state index contributed by atoms with van der Waals surface area (Å²) < 4.78 is 0.371. The first-order chi connectivity index (χ1) is 7.28. The second kappa shape index (κ2) is 6.48. The fourth-order valence-electron chi connectivity index (χ4n) is 1.29. The van der Waals surface area contributed by atoms with Gasteiger partial charge in [0.05, 0.1) is 27.2 Å². The molecule has 5 nitrogen and oxygen atoms in total. The lowest BCUT2D eigenvalue weighted by atomic mass is 10.1. The molecule has 0 saturated carbocycles. The number of hydrogen-bond acceptors (Lipinski definition) is 2. The average molecular weight is 231 g/mol. The van der Waals surface area contributed by atoms with E-state index in [1.165, 1.54) is 0 Å². The van der Waals surface area contributed by atoms with Crippen molar-refractivity contribution in [3.8, 4) is 0 Å². The normalized spacial score (nSPS) is 13.2. The number of hydrogen-bond donors (Lipinski definition) is 2. The van der Waals surface area contributed by atoms with E-state index in [-0.39, 0.29) is 18.4 Å². The van der Waals surface area contributed by atoms with E-state index in [0.717, 1.165) is 6.42 Å². The lowest BCUT2D eigenvalue weighted by molar-refractivity contribution is -0.881. The molecule has 0 bridgehead atoms. The van der Waals surface area contributed by atoms with Gasteiger partial charge in [0.15, 0.2) is 6.54 Å². The van der Waals surface area contributed by atoms with Gasteiger partial charge in [-0.25, -0.2) is 4.79 Å². The Kier molecular flexibility index (Phi) is 6.03. The van der Waals surface area contributed by atoms with Gasteiger partial charge in [0.2, 0.25) is 5.91 Å². The van der Waals surface area contributed by atoms with Crippen LogP contribution in [0, 0.1) is 5.92 Å². The van der Waals surface area contributed by atoms with Crippen molar-refractivity contribution in [2.75, 3.05) is 33.7 Å². The van der Waals surface area contributed by atoms with Gasteiger partial charge in [-0.15, -0.1) is 0 Å². The number of carboxylic acids is 1. The molecule has 5 heteroatoms. The van der Waals surface area contributed by atoms with Gasteiger partial charge in [-0.05, 0) is 6.42 Å². The van der Waals surface area contributed by atoms with E-state index >= 15 is 0 Å². The maximum Gasteiger partial charge on any atom is 0.359 e. The number of nitrogens with one attached hydrogen (secondary N) is 1. The number of nitrogens with zero attached hydrogens (tertiary/aromatic N) is 1. The topological polar surface area (TPSA) is 66.4 Å². The van der Waals surface area contributed by atoms with Crippen molar-refractivity contribution in [3.63, 3.8) is 0 Å². The summed E-state index contributed by atoms with van der Waals surface area (Å²) in [6.07, 6.45) is 0.819. The minimum absolute atomic E-state index is 0.0232. The van der Waals surface area contributed by atoms with Crippen molar-refractivity contribution < 1.29 is 19.2 Å². The minimum Gasteiger partial charge on any atom is -0.477 e. The summed E-state index contributed by atoms with van der Waals surface area (Å²) in [6.45, 7) is 5.05. The van der Waals surface area contributed by atoms with Crippen LogP contribution in [0.3, 0.4) is 0 Å². The molecule has 0 aromatic carbocycles. The summed E-state index contributed by atoms with van der Waals surface area (Å²) in [6, 6.07) is 0. The molecule has 1 atom stereocenters. The zero-order chi connectivity index (χ0) is 12.8. The Morgan fingerprint density at radius 3 is 2.38 bits per heavy atom. The lowest BCUT2D eigenvalue weighted by Gasteiger charge is -2.27. The van der Waals surface area contributed by atoms with Gasteiger partial charge in [0, 0.05) is 5.92 Å². The van der Waals surface area contributed by atoms with E-state index < -0.39 is 5.97 Å². The van der Waals surface area contributed by atoms with E-state index in [9.17, 15) is 9.59 Å². The largest absolute Gasteiger partial charge is 0.477 e. The quantitative estimate of drug-likeness (QED) is 0.620. The molecule has 0 fully saturated rings. The van der Waals surface area contributed by atoms with E-state index in [4.69, 9.17) is 5.11 Å². The van der Waals surface area contributed by atoms with Crippen molar-refractivity contribution in [3.05, 3.63) is 0 Å². The van der Waals surface area contributed by atoms with Crippen LogP contribution in [0.5, 0.6) is 0 Å². The smallest absolute Gasteiger partial charge is 0.359 e. The summed E-state index contributed by atoms with van der Waals surface area (Å²) in [5, 5.41) is 11.5. The molecule has 0 aliphatic carbocycles. The highest BCUT2D eigenvalue weighted by atomic mass is 16.4. The molecule has 0 saturated heterocycles. The van der Waals surface area contributed by atoms with Gasteiger partial charge < -0.3 is 14.9 Å². The molecule has 2 N–H and O–H groups in total. The molecule has 0 aromatic rings. The number of carboxylic acid groups (broad SMARTS) is 1. The molecule has 94 valence electrons. The first-order valence-electron chi connectivity index (χ1n) is 5.60. The Bertz CT molecular complexity index is 252. The highest BCUT2D eigenvalue weighted by Crippen LogP contribution is 2.00. The number of quaternary nitrogens is 1. The van der Waals surface area contributed by atoms with Crippen LogP contribution in [0.4, 0.5) is 0 Å². The van der Waals surface area contributed by atoms with Crippen LogP contribution in [0.15, 0.2) is 0 Å². The predicted molar refractivity (Wildman–Crippen MR) is 61.9 cm³/mol. The second-order valence-corrected chi connectivity index (χ2v) is 4.81. The highest BCUT2D eigenvalue weighted by molar-refractivity contribution is 5.78. The number of likely N-dealkylation sites (N-methyl/N-ethyl adjacent to an activating group) is 1. The molecule has 0 aromatic heterocycles. The molecule has 1 amide bonds. The molecule has 0 aliphatic heterocycles.